The van der Waals surface area contributed by atoms with Crippen LogP contribution in [0.3, 0.4) is 0 Å². The first kappa shape index (κ1) is 33.2. The minimum absolute atomic E-state index is 0.301. The third kappa shape index (κ3) is 8.73. The van der Waals surface area contributed by atoms with Gasteiger partial charge in [0.05, 0.1) is 6.04 Å². The number of amides is 4. The molecule has 0 aromatic rings. The molecule has 2 fully saturated rings. The van der Waals surface area contributed by atoms with Crippen LogP contribution in [0.1, 0.15) is 66.2 Å². The Balaban J connectivity index is 2.42. The van der Waals surface area contributed by atoms with Gasteiger partial charge in [-0.3, -0.25) is 19.2 Å². The monoisotopic (exact) mass is 586 g/mol. The minimum atomic E-state index is -5.23. The van der Waals surface area contributed by atoms with E-state index in [4.69, 9.17) is 0 Å². The van der Waals surface area contributed by atoms with Gasteiger partial charge in [-0.2, -0.15) is 13.2 Å². The van der Waals surface area contributed by atoms with Crippen LogP contribution >= 0.6 is 0 Å². The number of carboxylic acid groups (broad SMARTS) is 1. The number of nitrogens with one attached hydrogen (secondary N) is 3. The van der Waals surface area contributed by atoms with E-state index < -0.39 is 103 Å². The lowest BCUT2D eigenvalue weighted by molar-refractivity contribution is -0.276. The Labute approximate surface area is 227 Å². The molecule has 0 spiro atoms. The fourth-order valence-electron chi connectivity index (χ4n) is 4.26. The van der Waals surface area contributed by atoms with Crippen molar-refractivity contribution in [2.24, 2.45) is 5.41 Å². The quantitative estimate of drug-likeness (QED) is 0.192. The van der Waals surface area contributed by atoms with Crippen LogP contribution in [0.25, 0.3) is 0 Å². The number of hydrogen-bond acceptors (Lipinski definition) is 6. The zero-order chi connectivity index (χ0) is 30.8. The maximum Gasteiger partial charge on any atom is 0.417 e. The summed E-state index contributed by atoms with van der Waals surface area (Å²) in [6.45, 7) is 4.11. The first-order valence-corrected chi connectivity index (χ1v) is 12.7. The summed E-state index contributed by atoms with van der Waals surface area (Å²) in [5.74, 6) is -8.27. The molecule has 2 aliphatic rings. The van der Waals surface area contributed by atoms with Gasteiger partial charge >= 0.3 is 12.3 Å². The van der Waals surface area contributed by atoms with Gasteiger partial charge in [0, 0.05) is 31.8 Å². The number of alkyl halides is 5. The summed E-state index contributed by atoms with van der Waals surface area (Å²) in [6.07, 6.45) is -9.81. The largest absolute Gasteiger partial charge is 0.465 e. The highest BCUT2D eigenvalue weighted by atomic mass is 19.4. The molecule has 5 N–H and O–H groups in total. The fraction of sp³-hybridized carbons (Fsp3) is 0.792. The number of Topliss-reactive ketones (excluding diaryl/α,β-unsaturated/α-hetero) is 1. The Hall–Kier alpha value is -3.04. The second-order valence-electron chi connectivity index (χ2n) is 11.6. The molecule has 1 aliphatic heterocycles. The Kier molecular flexibility index (Phi) is 9.81. The SMILES string of the molecule is CC(F)(F)CC[C@H](NC(=O)[C@@H]1CC(O)(C(F)(F)F)CCN1C(=O)[C@@H](NC(=O)O)C(C)(C)C)C(=O)C(=O)NC1CC1. The van der Waals surface area contributed by atoms with Gasteiger partial charge < -0.3 is 31.1 Å². The predicted molar refractivity (Wildman–Crippen MR) is 128 cm³/mol. The molecule has 0 bridgehead atoms. The topological polar surface area (TPSA) is 165 Å². The van der Waals surface area contributed by atoms with Gasteiger partial charge in [-0.1, -0.05) is 20.8 Å². The second kappa shape index (κ2) is 11.8. The number of hydrogen-bond donors (Lipinski definition) is 5. The van der Waals surface area contributed by atoms with E-state index in [0.717, 1.165) is 0 Å². The summed E-state index contributed by atoms with van der Waals surface area (Å²) in [5.41, 5.74) is -4.54. The van der Waals surface area contributed by atoms with Gasteiger partial charge in [-0.25, -0.2) is 13.6 Å². The maximum absolute atomic E-state index is 13.7. The number of nitrogens with zero attached hydrogens (tertiary/aromatic N) is 1. The van der Waals surface area contributed by atoms with E-state index in [1.807, 2.05) is 10.6 Å². The summed E-state index contributed by atoms with van der Waals surface area (Å²) in [7, 11) is 0. The Bertz CT molecular complexity index is 1010. The molecule has 11 nitrogen and oxygen atoms in total. The number of ketones is 1. The normalized spacial score (nSPS) is 23.6. The highest BCUT2D eigenvalue weighted by molar-refractivity contribution is 6.38. The van der Waals surface area contributed by atoms with Crippen LogP contribution in [0.15, 0.2) is 0 Å². The Morgan fingerprint density at radius 1 is 1.00 bits per heavy atom. The van der Waals surface area contributed by atoms with E-state index in [1.165, 1.54) is 20.8 Å². The van der Waals surface area contributed by atoms with E-state index in [0.29, 0.717) is 24.7 Å². The van der Waals surface area contributed by atoms with Crippen LogP contribution in [0.5, 0.6) is 0 Å². The lowest BCUT2D eigenvalue weighted by Crippen LogP contribution is -2.66. The molecule has 1 aliphatic carbocycles. The van der Waals surface area contributed by atoms with Crippen LogP contribution in [0, 0.1) is 5.41 Å². The highest BCUT2D eigenvalue weighted by Gasteiger charge is 2.59. The van der Waals surface area contributed by atoms with Crippen molar-refractivity contribution in [1.82, 2.24) is 20.9 Å². The van der Waals surface area contributed by atoms with Gasteiger partial charge in [-0.15, -0.1) is 0 Å². The maximum atomic E-state index is 13.7. The van der Waals surface area contributed by atoms with E-state index in [-0.39, 0.29) is 6.04 Å². The van der Waals surface area contributed by atoms with Crippen LogP contribution in [0.4, 0.5) is 26.7 Å². The average Bonchev–Trinajstić information content (AvgIpc) is 3.61. The van der Waals surface area contributed by atoms with Gasteiger partial charge in [0.2, 0.25) is 23.5 Å². The smallest absolute Gasteiger partial charge is 0.417 e. The zero-order valence-corrected chi connectivity index (χ0v) is 22.5. The third-order valence-electron chi connectivity index (χ3n) is 6.81. The van der Waals surface area contributed by atoms with E-state index >= 15 is 0 Å². The van der Waals surface area contributed by atoms with Crippen LogP contribution in [-0.2, 0) is 19.2 Å². The minimum Gasteiger partial charge on any atom is -0.465 e. The molecule has 16 heteroatoms. The van der Waals surface area contributed by atoms with Crippen molar-refractivity contribution in [2.45, 2.75) is 108 Å². The standard InChI is InChI=1S/C24H35F5N4O7/c1-21(2,3)16(32-20(38)39)19(37)33-10-9-23(40,24(27,28)29)11-14(33)17(35)31-13(7-8-22(4,25)26)15(34)18(36)30-12-5-6-12/h12-14,16,32,40H,5-11H2,1-4H3,(H,30,36)(H,31,35)(H,38,39)/t13-,14-,16+,23?/m0/s1. The second-order valence-corrected chi connectivity index (χ2v) is 11.6. The molecule has 1 saturated heterocycles. The third-order valence-corrected chi connectivity index (χ3v) is 6.81. The molecule has 1 unspecified atom stereocenters. The van der Waals surface area contributed by atoms with Crippen molar-refractivity contribution < 1.29 is 56.1 Å². The van der Waals surface area contributed by atoms with Crippen molar-refractivity contribution in [2.75, 3.05) is 6.54 Å². The fourth-order valence-corrected chi connectivity index (χ4v) is 4.26. The molecule has 0 aromatic carbocycles. The molecular weight excluding hydrogens is 551 g/mol. The van der Waals surface area contributed by atoms with Crippen LogP contribution in [-0.4, -0.2) is 93.1 Å². The van der Waals surface area contributed by atoms with Gasteiger partial charge in [0.15, 0.2) is 5.60 Å². The van der Waals surface area contributed by atoms with E-state index in [9.17, 15) is 56.1 Å². The number of halogens is 5. The number of piperidine rings is 1. The molecule has 0 aromatic heterocycles. The first-order chi connectivity index (χ1) is 18.1. The molecule has 1 heterocycles. The van der Waals surface area contributed by atoms with Crippen molar-refractivity contribution in [3.8, 4) is 0 Å². The molecule has 228 valence electrons. The molecule has 2 rings (SSSR count). The van der Waals surface area contributed by atoms with Gasteiger partial charge in [0.25, 0.3) is 5.91 Å². The van der Waals surface area contributed by atoms with Gasteiger partial charge in [-0.05, 0) is 31.6 Å². The predicted octanol–water partition coefficient (Wildman–Crippen LogP) is 1.72. The summed E-state index contributed by atoms with van der Waals surface area (Å²) < 4.78 is 68.3. The summed E-state index contributed by atoms with van der Waals surface area (Å²) >= 11 is 0. The van der Waals surface area contributed by atoms with Gasteiger partial charge in [0.1, 0.15) is 12.1 Å². The summed E-state index contributed by atoms with van der Waals surface area (Å²) in [4.78, 5) is 63.8. The molecular formula is C24H35F5N4O7. The number of likely N-dealkylation sites (tertiary alicyclic amines) is 1. The molecule has 1 saturated carbocycles. The number of carbonyl (C=O) groups is 5. The average molecular weight is 587 g/mol. The molecule has 4 amide bonds. The van der Waals surface area contributed by atoms with Crippen molar-refractivity contribution in [3.63, 3.8) is 0 Å². The summed E-state index contributed by atoms with van der Waals surface area (Å²) in [6, 6.07) is -5.79. The van der Waals surface area contributed by atoms with Crippen LogP contribution in [0.2, 0.25) is 0 Å². The Morgan fingerprint density at radius 2 is 1.57 bits per heavy atom. The number of carbonyl (C=O) groups excluding carboxylic acids is 4. The Morgan fingerprint density at radius 3 is 2.02 bits per heavy atom. The first-order valence-electron chi connectivity index (χ1n) is 12.7. The lowest BCUT2D eigenvalue weighted by Gasteiger charge is -2.46. The molecule has 40 heavy (non-hydrogen) atoms. The summed E-state index contributed by atoms with van der Waals surface area (Å²) in [5, 5.41) is 25.9. The van der Waals surface area contributed by atoms with Crippen molar-refractivity contribution in [1.29, 1.82) is 0 Å². The van der Waals surface area contributed by atoms with Crippen molar-refractivity contribution >= 4 is 29.6 Å². The molecule has 0 radical (unpaired) electrons. The van der Waals surface area contributed by atoms with Crippen molar-refractivity contribution in [3.05, 3.63) is 0 Å². The zero-order valence-electron chi connectivity index (χ0n) is 22.5. The van der Waals surface area contributed by atoms with E-state index in [2.05, 4.69) is 5.32 Å². The number of aliphatic hydroxyl groups is 1. The highest BCUT2D eigenvalue weighted by Crippen LogP contribution is 2.41. The lowest BCUT2D eigenvalue weighted by atomic mass is 9.82. The van der Waals surface area contributed by atoms with Crippen LogP contribution < -0.4 is 16.0 Å². The molecule has 4 atom stereocenters. The number of rotatable bonds is 10. The van der Waals surface area contributed by atoms with E-state index in [1.54, 1.807) is 0 Å².